The van der Waals surface area contributed by atoms with Crippen molar-refractivity contribution in [2.45, 2.75) is 25.0 Å². The summed E-state index contributed by atoms with van der Waals surface area (Å²) >= 11 is 4.89. The molecule has 1 aliphatic heterocycles. The number of morpholine rings is 1. The number of nitrogens with one attached hydrogen (secondary N) is 1. The van der Waals surface area contributed by atoms with Crippen molar-refractivity contribution < 1.29 is 9.53 Å². The van der Waals surface area contributed by atoms with E-state index in [1.54, 1.807) is 0 Å². The second-order valence-corrected chi connectivity index (χ2v) is 4.81. The molecule has 6 heteroatoms. The number of carbonyl (C=O) groups is 1. The van der Waals surface area contributed by atoms with Crippen molar-refractivity contribution in [3.8, 4) is 0 Å². The van der Waals surface area contributed by atoms with Gasteiger partial charge in [0.15, 0.2) is 0 Å². The van der Waals surface area contributed by atoms with E-state index in [1.807, 2.05) is 4.90 Å². The van der Waals surface area contributed by atoms with E-state index in [0.29, 0.717) is 30.7 Å². The van der Waals surface area contributed by atoms with E-state index < -0.39 is 0 Å². The van der Waals surface area contributed by atoms with Gasteiger partial charge < -0.3 is 15.8 Å². The van der Waals surface area contributed by atoms with Gasteiger partial charge in [-0.3, -0.25) is 9.69 Å². The molecule has 1 atom stereocenters. The fraction of sp³-hybridized carbons (Fsp3) is 0.800. The summed E-state index contributed by atoms with van der Waals surface area (Å²) in [6.45, 7) is 2.38. The van der Waals surface area contributed by atoms with Gasteiger partial charge in [-0.25, -0.2) is 0 Å². The maximum atomic E-state index is 11.6. The minimum Gasteiger partial charge on any atom is -0.391 e. The lowest BCUT2D eigenvalue weighted by molar-refractivity contribution is -0.123. The van der Waals surface area contributed by atoms with Crippen molar-refractivity contribution in [1.29, 1.82) is 0 Å². The van der Waals surface area contributed by atoms with Crippen LogP contribution in [0.25, 0.3) is 0 Å². The van der Waals surface area contributed by atoms with E-state index >= 15 is 0 Å². The lowest BCUT2D eigenvalue weighted by Gasteiger charge is -2.31. The summed E-state index contributed by atoms with van der Waals surface area (Å²) < 4.78 is 5.41. The van der Waals surface area contributed by atoms with Gasteiger partial charge in [-0.05, 0) is 12.8 Å². The summed E-state index contributed by atoms with van der Waals surface area (Å²) in [6.07, 6.45) is 2.02. The predicted octanol–water partition coefficient (Wildman–Crippen LogP) is -0.748. The maximum absolute atomic E-state index is 11.6. The SMILES string of the molecule is NC(=S)C1CN(CC(=O)NC2CC2)CCO1. The van der Waals surface area contributed by atoms with Crippen molar-refractivity contribution >= 4 is 23.1 Å². The Hall–Kier alpha value is -0.720. The van der Waals surface area contributed by atoms with Gasteiger partial charge in [-0.2, -0.15) is 0 Å². The van der Waals surface area contributed by atoms with Gasteiger partial charge in [-0.15, -0.1) is 0 Å². The monoisotopic (exact) mass is 243 g/mol. The summed E-state index contributed by atoms with van der Waals surface area (Å²) in [7, 11) is 0. The van der Waals surface area contributed by atoms with Crippen molar-refractivity contribution in [2.24, 2.45) is 5.73 Å². The topological polar surface area (TPSA) is 67.6 Å². The first-order valence-corrected chi connectivity index (χ1v) is 5.98. The molecule has 0 bridgehead atoms. The summed E-state index contributed by atoms with van der Waals surface area (Å²) in [5.41, 5.74) is 5.53. The molecule has 2 rings (SSSR count). The van der Waals surface area contributed by atoms with Gasteiger partial charge in [0.2, 0.25) is 5.91 Å². The average molecular weight is 243 g/mol. The molecule has 3 N–H and O–H groups in total. The van der Waals surface area contributed by atoms with Crippen LogP contribution in [0.1, 0.15) is 12.8 Å². The summed E-state index contributed by atoms with van der Waals surface area (Å²) in [4.78, 5) is 14.0. The first-order valence-electron chi connectivity index (χ1n) is 5.58. The molecule has 1 amide bonds. The highest BCUT2D eigenvalue weighted by Gasteiger charge is 2.27. The molecule has 1 aliphatic carbocycles. The predicted molar refractivity (Wildman–Crippen MR) is 64.1 cm³/mol. The number of amides is 1. The molecule has 0 aromatic rings. The smallest absolute Gasteiger partial charge is 0.234 e. The highest BCUT2D eigenvalue weighted by Crippen LogP contribution is 2.18. The molecule has 2 fully saturated rings. The molecule has 1 saturated heterocycles. The van der Waals surface area contributed by atoms with E-state index in [-0.39, 0.29) is 12.0 Å². The van der Waals surface area contributed by atoms with Crippen LogP contribution in [0.3, 0.4) is 0 Å². The quantitative estimate of drug-likeness (QED) is 0.636. The standard InChI is InChI=1S/C10H17N3O2S/c11-10(16)8-5-13(3-4-15-8)6-9(14)12-7-1-2-7/h7-8H,1-6H2,(H2,11,16)(H,12,14). The Balaban J connectivity index is 1.75. The fourth-order valence-electron chi connectivity index (χ4n) is 1.72. The Morgan fingerprint density at radius 2 is 2.31 bits per heavy atom. The van der Waals surface area contributed by atoms with Gasteiger partial charge in [-0.1, -0.05) is 12.2 Å². The highest BCUT2D eigenvalue weighted by atomic mass is 32.1. The zero-order valence-electron chi connectivity index (χ0n) is 9.15. The second-order valence-electron chi connectivity index (χ2n) is 4.34. The Labute approximate surface area is 100 Å². The first-order chi connectivity index (χ1) is 7.65. The molecule has 1 heterocycles. The Morgan fingerprint density at radius 1 is 1.56 bits per heavy atom. The summed E-state index contributed by atoms with van der Waals surface area (Å²) in [6, 6.07) is 0.417. The van der Waals surface area contributed by atoms with E-state index in [1.165, 1.54) is 0 Å². The summed E-state index contributed by atoms with van der Waals surface area (Å²) in [5, 5.41) is 2.96. The van der Waals surface area contributed by atoms with Crippen LogP contribution in [-0.4, -0.2) is 54.2 Å². The first kappa shape index (κ1) is 11.8. The maximum Gasteiger partial charge on any atom is 0.234 e. The molecule has 1 unspecified atom stereocenters. The normalized spacial score (nSPS) is 26.4. The number of hydrogen-bond donors (Lipinski definition) is 2. The number of ether oxygens (including phenoxy) is 1. The van der Waals surface area contributed by atoms with Gasteiger partial charge >= 0.3 is 0 Å². The second kappa shape index (κ2) is 5.07. The van der Waals surface area contributed by atoms with Crippen molar-refractivity contribution in [3.63, 3.8) is 0 Å². The van der Waals surface area contributed by atoms with Crippen LogP contribution in [0.15, 0.2) is 0 Å². The van der Waals surface area contributed by atoms with Gasteiger partial charge in [0.1, 0.15) is 11.1 Å². The molecular weight excluding hydrogens is 226 g/mol. The average Bonchev–Trinajstić information content (AvgIpc) is 3.01. The minimum absolute atomic E-state index is 0.0890. The van der Waals surface area contributed by atoms with Crippen molar-refractivity contribution in [1.82, 2.24) is 10.2 Å². The van der Waals surface area contributed by atoms with E-state index in [0.717, 1.165) is 19.4 Å². The number of rotatable bonds is 4. The third kappa shape index (κ3) is 3.40. The zero-order chi connectivity index (χ0) is 11.5. The molecule has 16 heavy (non-hydrogen) atoms. The van der Waals surface area contributed by atoms with Crippen LogP contribution in [0.5, 0.6) is 0 Å². The third-order valence-electron chi connectivity index (χ3n) is 2.78. The van der Waals surface area contributed by atoms with Crippen LogP contribution in [0, 0.1) is 0 Å². The highest BCUT2D eigenvalue weighted by molar-refractivity contribution is 7.80. The molecule has 0 aromatic carbocycles. The third-order valence-corrected chi connectivity index (χ3v) is 3.04. The largest absolute Gasteiger partial charge is 0.391 e. The van der Waals surface area contributed by atoms with Crippen LogP contribution in [-0.2, 0) is 9.53 Å². The number of nitrogens with zero attached hydrogens (tertiary/aromatic N) is 1. The van der Waals surface area contributed by atoms with E-state index in [2.05, 4.69) is 5.32 Å². The molecule has 90 valence electrons. The van der Waals surface area contributed by atoms with E-state index in [9.17, 15) is 4.79 Å². The Kier molecular flexibility index (Phi) is 3.73. The number of hydrogen-bond acceptors (Lipinski definition) is 4. The van der Waals surface area contributed by atoms with Crippen LogP contribution < -0.4 is 11.1 Å². The zero-order valence-corrected chi connectivity index (χ0v) is 9.96. The molecule has 0 spiro atoms. The van der Waals surface area contributed by atoms with Crippen LogP contribution in [0.2, 0.25) is 0 Å². The number of nitrogens with two attached hydrogens (primary N) is 1. The van der Waals surface area contributed by atoms with Crippen molar-refractivity contribution in [3.05, 3.63) is 0 Å². The molecule has 2 aliphatic rings. The van der Waals surface area contributed by atoms with E-state index in [4.69, 9.17) is 22.7 Å². The lowest BCUT2D eigenvalue weighted by atomic mass is 10.2. The van der Waals surface area contributed by atoms with Crippen LogP contribution in [0.4, 0.5) is 0 Å². The lowest BCUT2D eigenvalue weighted by Crippen LogP contribution is -2.50. The number of carbonyl (C=O) groups excluding carboxylic acids is 1. The van der Waals surface area contributed by atoms with Gasteiger partial charge in [0.05, 0.1) is 13.2 Å². The molecule has 0 radical (unpaired) electrons. The Bertz CT molecular complexity index is 294. The van der Waals surface area contributed by atoms with Gasteiger partial charge in [0, 0.05) is 19.1 Å². The fourth-order valence-corrected chi connectivity index (χ4v) is 1.86. The molecule has 0 aromatic heterocycles. The van der Waals surface area contributed by atoms with Gasteiger partial charge in [0.25, 0.3) is 0 Å². The molecule has 1 saturated carbocycles. The molecule has 5 nitrogen and oxygen atoms in total. The Morgan fingerprint density at radius 3 is 2.94 bits per heavy atom. The minimum atomic E-state index is -0.211. The van der Waals surface area contributed by atoms with Crippen LogP contribution >= 0.6 is 12.2 Å². The molecular formula is C10H17N3O2S. The number of thiocarbonyl (C=S) groups is 1. The summed E-state index contributed by atoms with van der Waals surface area (Å²) in [5.74, 6) is 0.0890. The van der Waals surface area contributed by atoms with Crippen molar-refractivity contribution in [2.75, 3.05) is 26.2 Å².